The maximum atomic E-state index is 5.95. The first-order chi connectivity index (χ1) is 9.49. The number of nitrogens with zero attached hydrogens (tertiary/aromatic N) is 1. The highest BCUT2D eigenvalue weighted by Gasteiger charge is 2.20. The van der Waals surface area contributed by atoms with Crippen LogP contribution >= 0.6 is 15.9 Å². The molecule has 1 heterocycles. The smallest absolute Gasteiger partial charge is 0.0510 e. The van der Waals surface area contributed by atoms with Crippen molar-refractivity contribution < 1.29 is 0 Å². The summed E-state index contributed by atoms with van der Waals surface area (Å²) in [6.07, 6.45) is 3.97. The second kappa shape index (κ2) is 6.95. The zero-order chi connectivity index (χ0) is 14.7. The van der Waals surface area contributed by atoms with Crippen molar-refractivity contribution in [3.05, 3.63) is 28.2 Å². The molecule has 0 amide bonds. The molecule has 0 saturated carbocycles. The van der Waals surface area contributed by atoms with Crippen molar-refractivity contribution >= 4 is 21.6 Å². The maximum Gasteiger partial charge on any atom is 0.0510 e. The lowest BCUT2D eigenvalue weighted by molar-refractivity contribution is 0.351. The highest BCUT2D eigenvalue weighted by Crippen LogP contribution is 2.32. The van der Waals surface area contributed by atoms with Crippen molar-refractivity contribution in [2.75, 3.05) is 18.0 Å². The topological polar surface area (TPSA) is 29.3 Å². The highest BCUT2D eigenvalue weighted by molar-refractivity contribution is 9.10. The van der Waals surface area contributed by atoms with Gasteiger partial charge in [-0.2, -0.15) is 0 Å². The van der Waals surface area contributed by atoms with Gasteiger partial charge < -0.3 is 10.6 Å². The van der Waals surface area contributed by atoms with Gasteiger partial charge in [0.05, 0.1) is 5.69 Å². The van der Waals surface area contributed by atoms with E-state index in [0.717, 1.165) is 11.8 Å². The van der Waals surface area contributed by atoms with Crippen LogP contribution in [0.4, 0.5) is 5.69 Å². The summed E-state index contributed by atoms with van der Waals surface area (Å²) in [5, 5.41) is 0. The molecule has 1 aromatic rings. The predicted molar refractivity (Wildman–Crippen MR) is 91.1 cm³/mol. The van der Waals surface area contributed by atoms with E-state index in [9.17, 15) is 0 Å². The third-order valence-electron chi connectivity index (χ3n) is 4.55. The summed E-state index contributed by atoms with van der Waals surface area (Å²) >= 11 is 3.72. The largest absolute Gasteiger partial charge is 0.371 e. The minimum absolute atomic E-state index is 0.0924. The normalized spacial score (nSPS) is 21.9. The Balaban J connectivity index is 2.12. The van der Waals surface area contributed by atoms with Crippen LogP contribution in [-0.4, -0.2) is 13.1 Å². The first-order valence-electron chi connectivity index (χ1n) is 7.79. The predicted octanol–water partition coefficient (Wildman–Crippen LogP) is 4.73. The average Bonchev–Trinajstić information content (AvgIpc) is 2.64. The van der Waals surface area contributed by atoms with Crippen LogP contribution in [0.1, 0.15) is 51.6 Å². The van der Waals surface area contributed by atoms with Crippen LogP contribution in [0.15, 0.2) is 22.7 Å². The molecule has 20 heavy (non-hydrogen) atoms. The van der Waals surface area contributed by atoms with Crippen molar-refractivity contribution in [1.82, 2.24) is 0 Å². The van der Waals surface area contributed by atoms with E-state index in [2.05, 4.69) is 52.9 Å². The number of anilines is 1. The van der Waals surface area contributed by atoms with Crippen LogP contribution < -0.4 is 10.6 Å². The third kappa shape index (κ3) is 3.76. The summed E-state index contributed by atoms with van der Waals surface area (Å²) in [4.78, 5) is 2.53. The third-order valence-corrected chi connectivity index (χ3v) is 5.19. The fourth-order valence-corrected chi connectivity index (χ4v) is 3.74. The number of halogens is 1. The van der Waals surface area contributed by atoms with Crippen LogP contribution in [0.2, 0.25) is 0 Å². The molecule has 112 valence electrons. The van der Waals surface area contributed by atoms with Crippen molar-refractivity contribution in [2.45, 2.75) is 46.1 Å². The van der Waals surface area contributed by atoms with Crippen LogP contribution in [0.25, 0.3) is 0 Å². The minimum atomic E-state index is 0.0924. The van der Waals surface area contributed by atoms with Gasteiger partial charge in [-0.3, -0.25) is 0 Å². The van der Waals surface area contributed by atoms with Gasteiger partial charge in [-0.05, 0) is 71.6 Å². The van der Waals surface area contributed by atoms with Crippen molar-refractivity contribution in [1.29, 1.82) is 0 Å². The number of rotatable bonds is 3. The standard InChI is InChI=1S/C17H27BrN2/c1-12(2)14-5-4-9-20(10-8-14)17-7-6-15(13(3)19)11-16(17)18/h6-7,11-14H,4-5,8-10,19H2,1-3H3/t13-,14?/m0/s1. The van der Waals surface area contributed by atoms with Gasteiger partial charge in [0, 0.05) is 23.6 Å². The lowest BCUT2D eigenvalue weighted by Gasteiger charge is -2.25. The molecule has 0 radical (unpaired) electrons. The van der Waals surface area contributed by atoms with E-state index in [0.29, 0.717) is 0 Å². The molecular formula is C17H27BrN2. The molecule has 1 fully saturated rings. The maximum absolute atomic E-state index is 5.95. The molecule has 1 aliphatic rings. The molecule has 1 saturated heterocycles. The zero-order valence-electron chi connectivity index (χ0n) is 12.9. The number of hydrogen-bond acceptors (Lipinski definition) is 2. The Bertz CT molecular complexity index is 443. The Morgan fingerprint density at radius 2 is 1.95 bits per heavy atom. The molecule has 1 aliphatic heterocycles. The first-order valence-corrected chi connectivity index (χ1v) is 8.58. The summed E-state index contributed by atoms with van der Waals surface area (Å²) in [5.41, 5.74) is 8.46. The summed E-state index contributed by atoms with van der Waals surface area (Å²) in [5.74, 6) is 1.68. The minimum Gasteiger partial charge on any atom is -0.371 e. The Morgan fingerprint density at radius 1 is 1.20 bits per heavy atom. The van der Waals surface area contributed by atoms with Gasteiger partial charge in [0.1, 0.15) is 0 Å². The molecule has 0 spiro atoms. The summed E-state index contributed by atoms with van der Waals surface area (Å²) in [6, 6.07) is 6.65. The second-order valence-electron chi connectivity index (χ2n) is 6.42. The molecule has 2 nitrogen and oxygen atoms in total. The monoisotopic (exact) mass is 338 g/mol. The van der Waals surface area contributed by atoms with E-state index < -0.39 is 0 Å². The van der Waals surface area contributed by atoms with Crippen LogP contribution in [-0.2, 0) is 0 Å². The van der Waals surface area contributed by atoms with Gasteiger partial charge in [0.25, 0.3) is 0 Å². The lowest BCUT2D eigenvalue weighted by atomic mass is 9.89. The highest BCUT2D eigenvalue weighted by atomic mass is 79.9. The van der Waals surface area contributed by atoms with Gasteiger partial charge in [-0.25, -0.2) is 0 Å². The molecule has 0 aromatic heterocycles. The zero-order valence-corrected chi connectivity index (χ0v) is 14.5. The molecule has 2 N–H and O–H groups in total. The van der Waals surface area contributed by atoms with E-state index in [-0.39, 0.29) is 6.04 Å². The van der Waals surface area contributed by atoms with Gasteiger partial charge in [-0.15, -0.1) is 0 Å². The van der Waals surface area contributed by atoms with E-state index in [1.165, 1.54) is 48.1 Å². The summed E-state index contributed by atoms with van der Waals surface area (Å²) in [6.45, 7) is 9.07. The van der Waals surface area contributed by atoms with E-state index in [1.807, 2.05) is 6.92 Å². The van der Waals surface area contributed by atoms with Gasteiger partial charge >= 0.3 is 0 Å². The van der Waals surface area contributed by atoms with Crippen LogP contribution in [0.3, 0.4) is 0 Å². The van der Waals surface area contributed by atoms with E-state index in [4.69, 9.17) is 5.73 Å². The van der Waals surface area contributed by atoms with Gasteiger partial charge in [-0.1, -0.05) is 19.9 Å². The number of nitrogens with two attached hydrogens (primary N) is 1. The Hall–Kier alpha value is -0.540. The molecule has 0 bridgehead atoms. The van der Waals surface area contributed by atoms with Gasteiger partial charge in [0.15, 0.2) is 0 Å². The molecule has 1 unspecified atom stereocenters. The molecular weight excluding hydrogens is 312 g/mol. The molecule has 2 rings (SSSR count). The van der Waals surface area contributed by atoms with Crippen molar-refractivity contribution in [3.63, 3.8) is 0 Å². The molecule has 3 heteroatoms. The van der Waals surface area contributed by atoms with Crippen LogP contribution in [0, 0.1) is 11.8 Å². The first kappa shape index (κ1) is 15.8. The number of hydrogen-bond donors (Lipinski definition) is 1. The fourth-order valence-electron chi connectivity index (χ4n) is 3.09. The number of benzene rings is 1. The van der Waals surface area contributed by atoms with Crippen LogP contribution in [0.5, 0.6) is 0 Å². The fraction of sp³-hybridized carbons (Fsp3) is 0.647. The Kier molecular flexibility index (Phi) is 5.50. The van der Waals surface area contributed by atoms with Gasteiger partial charge in [0.2, 0.25) is 0 Å². The molecule has 2 atom stereocenters. The van der Waals surface area contributed by atoms with Crippen molar-refractivity contribution in [2.24, 2.45) is 17.6 Å². The quantitative estimate of drug-likeness (QED) is 0.862. The second-order valence-corrected chi connectivity index (χ2v) is 7.28. The Labute approximate surface area is 131 Å². The SMILES string of the molecule is CC(C)C1CCCN(c2ccc([C@H](C)N)cc2Br)CC1. The van der Waals surface area contributed by atoms with Crippen molar-refractivity contribution in [3.8, 4) is 0 Å². The average molecular weight is 339 g/mol. The van der Waals surface area contributed by atoms with E-state index >= 15 is 0 Å². The lowest BCUT2D eigenvalue weighted by Crippen LogP contribution is -2.25. The summed E-state index contributed by atoms with van der Waals surface area (Å²) < 4.78 is 1.18. The molecule has 0 aliphatic carbocycles. The van der Waals surface area contributed by atoms with E-state index in [1.54, 1.807) is 0 Å². The summed E-state index contributed by atoms with van der Waals surface area (Å²) in [7, 11) is 0. The molecule has 1 aromatic carbocycles. The Morgan fingerprint density at radius 3 is 2.55 bits per heavy atom.